The van der Waals surface area contributed by atoms with E-state index in [1.807, 2.05) is 13.0 Å². The molecule has 1 amide bonds. The Hall–Kier alpha value is -2.49. The van der Waals surface area contributed by atoms with E-state index in [2.05, 4.69) is 74.3 Å². The van der Waals surface area contributed by atoms with Crippen molar-refractivity contribution in [3.63, 3.8) is 0 Å². The van der Waals surface area contributed by atoms with Crippen LogP contribution in [0.2, 0.25) is 0 Å². The summed E-state index contributed by atoms with van der Waals surface area (Å²) in [5.74, 6) is 1.03. The summed E-state index contributed by atoms with van der Waals surface area (Å²) in [4.78, 5) is 14.8. The van der Waals surface area contributed by atoms with Crippen LogP contribution in [-0.2, 0) is 11.3 Å². The molecule has 0 spiro atoms. The summed E-state index contributed by atoms with van der Waals surface area (Å²) in [6.45, 7) is 14.9. The van der Waals surface area contributed by atoms with Gasteiger partial charge in [0.25, 0.3) is 5.91 Å². The second-order valence-corrected chi connectivity index (χ2v) is 7.51. The van der Waals surface area contributed by atoms with Crippen LogP contribution in [0.3, 0.4) is 0 Å². The molecule has 1 N–H and O–H groups in total. The number of carbonyl (C=O) groups excluding carboxylic acids is 1. The Kier molecular flexibility index (Phi) is 7.91. The summed E-state index contributed by atoms with van der Waals surface area (Å²) in [7, 11) is 0. The van der Waals surface area contributed by atoms with Gasteiger partial charge in [0.05, 0.1) is 0 Å². The van der Waals surface area contributed by atoms with Crippen LogP contribution >= 0.6 is 0 Å². The second kappa shape index (κ2) is 10.2. The van der Waals surface area contributed by atoms with Gasteiger partial charge in [-0.05, 0) is 68.5 Å². The number of hydrogen-bond donors (Lipinski definition) is 1. The van der Waals surface area contributed by atoms with Crippen molar-refractivity contribution in [3.8, 4) is 5.75 Å². The number of anilines is 1. The van der Waals surface area contributed by atoms with Gasteiger partial charge in [0.2, 0.25) is 0 Å². The highest BCUT2D eigenvalue weighted by Gasteiger charge is 2.17. The molecule has 152 valence electrons. The molecule has 0 saturated carbocycles. The van der Waals surface area contributed by atoms with Gasteiger partial charge in [0.15, 0.2) is 6.10 Å². The molecule has 0 aliphatic carbocycles. The number of aryl methyl sites for hydroxylation is 1. The highest BCUT2D eigenvalue weighted by molar-refractivity contribution is 5.80. The monoisotopic (exact) mass is 382 g/mol. The molecule has 0 aliphatic heterocycles. The fourth-order valence-corrected chi connectivity index (χ4v) is 3.21. The standard InChI is InChI=1S/C24H34N2O2/c1-7-26(8-2)21-12-10-20(11-13-21)16-25-24(27)19(6)28-23-15-18(5)9-14-22(23)17(3)4/h9-15,17,19H,7-8,16H2,1-6H3,(H,25,27)/t19-/m0/s1. The fourth-order valence-electron chi connectivity index (χ4n) is 3.21. The van der Waals surface area contributed by atoms with E-state index in [4.69, 9.17) is 4.74 Å². The Balaban J connectivity index is 1.95. The molecule has 1 atom stereocenters. The van der Waals surface area contributed by atoms with E-state index in [-0.39, 0.29) is 5.91 Å². The van der Waals surface area contributed by atoms with Crippen LogP contribution in [-0.4, -0.2) is 25.1 Å². The zero-order chi connectivity index (χ0) is 20.7. The summed E-state index contributed by atoms with van der Waals surface area (Å²) in [6, 6.07) is 14.5. The highest BCUT2D eigenvalue weighted by atomic mass is 16.5. The highest BCUT2D eigenvalue weighted by Crippen LogP contribution is 2.28. The average Bonchev–Trinajstić information content (AvgIpc) is 2.67. The average molecular weight is 383 g/mol. The van der Waals surface area contributed by atoms with Gasteiger partial charge in [-0.1, -0.05) is 38.1 Å². The number of hydrogen-bond acceptors (Lipinski definition) is 3. The zero-order valence-corrected chi connectivity index (χ0v) is 18.1. The number of amides is 1. The lowest BCUT2D eigenvalue weighted by atomic mass is 10.0. The van der Waals surface area contributed by atoms with Crippen LogP contribution < -0.4 is 15.0 Å². The quantitative estimate of drug-likeness (QED) is 0.660. The Morgan fingerprint density at radius 1 is 1.04 bits per heavy atom. The third kappa shape index (κ3) is 5.75. The minimum atomic E-state index is -0.547. The van der Waals surface area contributed by atoms with Crippen LogP contribution in [0.15, 0.2) is 42.5 Å². The summed E-state index contributed by atoms with van der Waals surface area (Å²) in [6.07, 6.45) is -0.547. The minimum Gasteiger partial charge on any atom is -0.481 e. The maximum absolute atomic E-state index is 12.5. The Morgan fingerprint density at radius 2 is 1.68 bits per heavy atom. The predicted molar refractivity (Wildman–Crippen MR) is 117 cm³/mol. The minimum absolute atomic E-state index is 0.107. The molecular weight excluding hydrogens is 348 g/mol. The largest absolute Gasteiger partial charge is 0.481 e. The molecule has 0 saturated heterocycles. The molecule has 0 fully saturated rings. The molecule has 2 aromatic carbocycles. The van der Waals surface area contributed by atoms with Crippen molar-refractivity contribution < 1.29 is 9.53 Å². The van der Waals surface area contributed by atoms with Crippen molar-refractivity contribution in [2.75, 3.05) is 18.0 Å². The molecule has 0 bridgehead atoms. The van der Waals surface area contributed by atoms with E-state index in [0.717, 1.165) is 35.5 Å². The van der Waals surface area contributed by atoms with E-state index in [1.54, 1.807) is 6.92 Å². The molecule has 0 heterocycles. The van der Waals surface area contributed by atoms with Crippen LogP contribution in [0.4, 0.5) is 5.69 Å². The van der Waals surface area contributed by atoms with E-state index >= 15 is 0 Å². The third-order valence-electron chi connectivity index (χ3n) is 5.00. The van der Waals surface area contributed by atoms with Gasteiger partial charge in [-0.25, -0.2) is 0 Å². The zero-order valence-electron chi connectivity index (χ0n) is 18.1. The van der Waals surface area contributed by atoms with E-state index in [0.29, 0.717) is 12.5 Å². The normalized spacial score (nSPS) is 12.0. The van der Waals surface area contributed by atoms with E-state index in [9.17, 15) is 4.79 Å². The number of ether oxygens (including phenoxy) is 1. The first-order valence-corrected chi connectivity index (χ1v) is 10.2. The molecule has 4 heteroatoms. The number of carbonyl (C=O) groups is 1. The first-order valence-electron chi connectivity index (χ1n) is 10.2. The van der Waals surface area contributed by atoms with Crippen LogP contribution in [0.25, 0.3) is 0 Å². The molecule has 28 heavy (non-hydrogen) atoms. The smallest absolute Gasteiger partial charge is 0.261 e. The van der Waals surface area contributed by atoms with Gasteiger partial charge in [0.1, 0.15) is 5.75 Å². The molecule has 0 radical (unpaired) electrons. The number of nitrogens with one attached hydrogen (secondary N) is 1. The van der Waals surface area contributed by atoms with Crippen LogP contribution in [0, 0.1) is 6.92 Å². The summed E-state index contributed by atoms with van der Waals surface area (Å²) >= 11 is 0. The first-order chi connectivity index (χ1) is 13.3. The van der Waals surface area contributed by atoms with Crippen molar-refractivity contribution in [1.29, 1.82) is 0 Å². The van der Waals surface area contributed by atoms with Crippen molar-refractivity contribution in [3.05, 3.63) is 59.2 Å². The van der Waals surface area contributed by atoms with E-state index < -0.39 is 6.10 Å². The SMILES string of the molecule is CCN(CC)c1ccc(CNC(=O)[C@H](C)Oc2cc(C)ccc2C(C)C)cc1. The number of nitrogens with zero attached hydrogens (tertiary/aromatic N) is 1. The topological polar surface area (TPSA) is 41.6 Å². The van der Waals surface area contributed by atoms with Crippen molar-refractivity contribution >= 4 is 11.6 Å². The lowest BCUT2D eigenvalue weighted by molar-refractivity contribution is -0.127. The second-order valence-electron chi connectivity index (χ2n) is 7.51. The lowest BCUT2D eigenvalue weighted by Crippen LogP contribution is -2.36. The van der Waals surface area contributed by atoms with Gasteiger partial charge in [-0.2, -0.15) is 0 Å². The molecule has 2 aromatic rings. The third-order valence-corrected chi connectivity index (χ3v) is 5.00. The first kappa shape index (κ1) is 21.8. The molecular formula is C24H34N2O2. The van der Waals surface area contributed by atoms with Gasteiger partial charge in [-0.3, -0.25) is 4.79 Å². The number of benzene rings is 2. The van der Waals surface area contributed by atoms with Crippen LogP contribution in [0.5, 0.6) is 5.75 Å². The summed E-state index contributed by atoms with van der Waals surface area (Å²) in [5.41, 5.74) is 4.53. The molecule has 4 nitrogen and oxygen atoms in total. The number of rotatable bonds is 9. The van der Waals surface area contributed by atoms with Gasteiger partial charge in [-0.15, -0.1) is 0 Å². The van der Waals surface area contributed by atoms with Crippen molar-refractivity contribution in [1.82, 2.24) is 5.32 Å². The Labute approximate surface area is 169 Å². The Bertz CT molecular complexity index is 765. The van der Waals surface area contributed by atoms with Gasteiger partial charge >= 0.3 is 0 Å². The Morgan fingerprint density at radius 3 is 2.25 bits per heavy atom. The van der Waals surface area contributed by atoms with Gasteiger partial charge in [0, 0.05) is 25.3 Å². The maximum Gasteiger partial charge on any atom is 0.261 e. The van der Waals surface area contributed by atoms with Crippen molar-refractivity contribution in [2.45, 2.75) is 60.1 Å². The van der Waals surface area contributed by atoms with Crippen molar-refractivity contribution in [2.24, 2.45) is 0 Å². The molecule has 0 unspecified atom stereocenters. The lowest BCUT2D eigenvalue weighted by Gasteiger charge is -2.21. The fraction of sp³-hybridized carbons (Fsp3) is 0.458. The predicted octanol–water partition coefficient (Wildman–Crippen LogP) is 5.05. The summed E-state index contributed by atoms with van der Waals surface area (Å²) in [5, 5.41) is 2.98. The molecule has 0 aliphatic rings. The van der Waals surface area contributed by atoms with Crippen LogP contribution in [0.1, 0.15) is 57.2 Å². The van der Waals surface area contributed by atoms with Gasteiger partial charge < -0.3 is 15.0 Å². The molecule has 0 aromatic heterocycles. The molecule has 2 rings (SSSR count). The maximum atomic E-state index is 12.5. The van der Waals surface area contributed by atoms with E-state index in [1.165, 1.54) is 5.69 Å². The summed E-state index contributed by atoms with van der Waals surface area (Å²) < 4.78 is 6.00.